The lowest BCUT2D eigenvalue weighted by atomic mass is 10.1. The van der Waals surface area contributed by atoms with Crippen LogP contribution in [0.15, 0.2) is 30.3 Å². The van der Waals surface area contributed by atoms with Gasteiger partial charge in [0.05, 0.1) is 0 Å². The van der Waals surface area contributed by atoms with Crippen molar-refractivity contribution in [3.8, 4) is 0 Å². The van der Waals surface area contributed by atoms with Crippen LogP contribution in [0.4, 0.5) is 0 Å². The van der Waals surface area contributed by atoms with E-state index in [1.807, 2.05) is 18.2 Å². The van der Waals surface area contributed by atoms with Crippen molar-refractivity contribution < 1.29 is 0 Å². The fourth-order valence-electron chi connectivity index (χ4n) is 1.80. The summed E-state index contributed by atoms with van der Waals surface area (Å²) in [5, 5.41) is 0. The molecule has 1 nitrogen and oxygen atoms in total. The van der Waals surface area contributed by atoms with E-state index < -0.39 is 0 Å². The molecule has 0 heterocycles. The van der Waals surface area contributed by atoms with Gasteiger partial charge in [-0.25, -0.2) is 0 Å². The van der Waals surface area contributed by atoms with Gasteiger partial charge in [0.25, 0.3) is 0 Å². The Hall–Kier alpha value is -0.890. The number of hydrogen-bond acceptors (Lipinski definition) is 1. The summed E-state index contributed by atoms with van der Waals surface area (Å²) in [5.74, 6) is 0. The molecule has 0 aliphatic heterocycles. The van der Waals surface area contributed by atoms with E-state index in [0.717, 1.165) is 10.6 Å². The standard InChI is InChI=1S/C13H19NS/c1-10(2)14(11(3)4)13(15)12-8-6-5-7-9-12/h5-11H,1-4H3. The third-order valence-electron chi connectivity index (χ3n) is 2.37. The van der Waals surface area contributed by atoms with Crippen LogP contribution in [0.25, 0.3) is 0 Å². The highest BCUT2D eigenvalue weighted by molar-refractivity contribution is 7.80. The Morgan fingerprint density at radius 3 is 1.87 bits per heavy atom. The van der Waals surface area contributed by atoms with Crippen LogP contribution in [0.2, 0.25) is 0 Å². The van der Waals surface area contributed by atoms with Gasteiger partial charge in [0, 0.05) is 17.6 Å². The fourth-order valence-corrected chi connectivity index (χ4v) is 2.35. The van der Waals surface area contributed by atoms with E-state index in [0.29, 0.717) is 12.1 Å². The molecule has 0 aliphatic rings. The van der Waals surface area contributed by atoms with Crippen LogP contribution in [-0.2, 0) is 0 Å². The second-order valence-corrected chi connectivity index (χ2v) is 4.65. The summed E-state index contributed by atoms with van der Waals surface area (Å²) in [6.45, 7) is 8.70. The zero-order valence-corrected chi connectivity index (χ0v) is 10.7. The molecular weight excluding hydrogens is 202 g/mol. The Bertz CT molecular complexity index is 309. The van der Waals surface area contributed by atoms with Crippen molar-refractivity contribution in [1.82, 2.24) is 4.90 Å². The summed E-state index contributed by atoms with van der Waals surface area (Å²) in [7, 11) is 0. The van der Waals surface area contributed by atoms with E-state index in [1.54, 1.807) is 0 Å². The van der Waals surface area contributed by atoms with Gasteiger partial charge < -0.3 is 4.90 Å². The normalized spacial score (nSPS) is 10.8. The molecule has 1 aromatic carbocycles. The van der Waals surface area contributed by atoms with Gasteiger partial charge in [-0.3, -0.25) is 0 Å². The molecule has 0 amide bonds. The lowest BCUT2D eigenvalue weighted by molar-refractivity contribution is 0.298. The van der Waals surface area contributed by atoms with Crippen molar-refractivity contribution in [3.05, 3.63) is 35.9 Å². The molecule has 0 spiro atoms. The minimum atomic E-state index is 0.442. The van der Waals surface area contributed by atoms with Crippen LogP contribution in [0.1, 0.15) is 33.3 Å². The van der Waals surface area contributed by atoms with E-state index in [1.165, 1.54) is 0 Å². The maximum Gasteiger partial charge on any atom is 0.109 e. The van der Waals surface area contributed by atoms with E-state index in [-0.39, 0.29) is 0 Å². The van der Waals surface area contributed by atoms with E-state index in [9.17, 15) is 0 Å². The predicted molar refractivity (Wildman–Crippen MR) is 70.3 cm³/mol. The number of nitrogens with zero attached hydrogens (tertiary/aromatic N) is 1. The topological polar surface area (TPSA) is 3.24 Å². The molecule has 82 valence electrons. The highest BCUT2D eigenvalue weighted by Gasteiger charge is 2.17. The largest absolute Gasteiger partial charge is 0.357 e. The Morgan fingerprint density at radius 2 is 1.47 bits per heavy atom. The fraction of sp³-hybridized carbons (Fsp3) is 0.462. The van der Waals surface area contributed by atoms with Crippen molar-refractivity contribution in [3.63, 3.8) is 0 Å². The average Bonchev–Trinajstić information content (AvgIpc) is 2.18. The lowest BCUT2D eigenvalue weighted by Crippen LogP contribution is -2.41. The molecule has 15 heavy (non-hydrogen) atoms. The van der Waals surface area contributed by atoms with Crippen molar-refractivity contribution >= 4 is 17.2 Å². The number of hydrogen-bond donors (Lipinski definition) is 0. The van der Waals surface area contributed by atoms with Gasteiger partial charge in [-0.05, 0) is 27.7 Å². The lowest BCUT2D eigenvalue weighted by Gasteiger charge is -2.33. The molecule has 0 N–H and O–H groups in total. The third kappa shape index (κ3) is 3.03. The Morgan fingerprint density at radius 1 is 1.00 bits per heavy atom. The monoisotopic (exact) mass is 221 g/mol. The maximum atomic E-state index is 5.52. The van der Waals surface area contributed by atoms with E-state index >= 15 is 0 Å². The van der Waals surface area contributed by atoms with Crippen molar-refractivity contribution in [2.24, 2.45) is 0 Å². The summed E-state index contributed by atoms with van der Waals surface area (Å²) in [6, 6.07) is 11.1. The van der Waals surface area contributed by atoms with Crippen LogP contribution in [0.3, 0.4) is 0 Å². The van der Waals surface area contributed by atoms with Crippen LogP contribution in [0.5, 0.6) is 0 Å². The first kappa shape index (κ1) is 12.2. The second-order valence-electron chi connectivity index (χ2n) is 4.27. The van der Waals surface area contributed by atoms with Gasteiger partial charge in [0.2, 0.25) is 0 Å². The van der Waals surface area contributed by atoms with Gasteiger partial charge in [-0.2, -0.15) is 0 Å². The molecule has 0 radical (unpaired) electrons. The Balaban J connectivity index is 2.92. The maximum absolute atomic E-state index is 5.52. The highest BCUT2D eigenvalue weighted by Crippen LogP contribution is 2.13. The van der Waals surface area contributed by atoms with Gasteiger partial charge in [-0.15, -0.1) is 0 Å². The third-order valence-corrected chi connectivity index (χ3v) is 2.81. The smallest absolute Gasteiger partial charge is 0.109 e. The average molecular weight is 221 g/mol. The van der Waals surface area contributed by atoms with Crippen molar-refractivity contribution in [1.29, 1.82) is 0 Å². The zero-order valence-electron chi connectivity index (χ0n) is 9.90. The number of rotatable bonds is 3. The van der Waals surface area contributed by atoms with Gasteiger partial charge >= 0.3 is 0 Å². The predicted octanol–water partition coefficient (Wildman–Crippen LogP) is 3.48. The summed E-state index contributed by atoms with van der Waals surface area (Å²) >= 11 is 5.52. The van der Waals surface area contributed by atoms with E-state index in [4.69, 9.17) is 12.2 Å². The Kier molecular flexibility index (Phi) is 4.28. The van der Waals surface area contributed by atoms with Crippen LogP contribution >= 0.6 is 12.2 Å². The molecule has 0 aliphatic carbocycles. The van der Waals surface area contributed by atoms with Crippen LogP contribution in [-0.4, -0.2) is 22.0 Å². The van der Waals surface area contributed by atoms with Gasteiger partial charge in [0.15, 0.2) is 0 Å². The molecule has 2 heteroatoms. The molecule has 0 saturated heterocycles. The summed E-state index contributed by atoms with van der Waals surface area (Å²) in [4.78, 5) is 3.21. The van der Waals surface area contributed by atoms with Gasteiger partial charge in [0.1, 0.15) is 4.99 Å². The molecule has 0 bridgehead atoms. The first-order valence-electron chi connectivity index (χ1n) is 5.41. The molecule has 1 rings (SSSR count). The molecule has 0 aromatic heterocycles. The highest BCUT2D eigenvalue weighted by atomic mass is 32.1. The quantitative estimate of drug-likeness (QED) is 0.719. The summed E-state index contributed by atoms with van der Waals surface area (Å²) in [6.07, 6.45) is 0. The van der Waals surface area contributed by atoms with Crippen molar-refractivity contribution in [2.75, 3.05) is 0 Å². The molecule has 0 unspecified atom stereocenters. The number of benzene rings is 1. The molecule has 0 saturated carbocycles. The van der Waals surface area contributed by atoms with Crippen LogP contribution < -0.4 is 0 Å². The number of thiocarbonyl (C=S) groups is 1. The Labute approximate surface area is 98.1 Å². The molecule has 0 fully saturated rings. The second kappa shape index (κ2) is 5.26. The summed E-state index contributed by atoms with van der Waals surface area (Å²) < 4.78 is 0. The zero-order chi connectivity index (χ0) is 11.4. The van der Waals surface area contributed by atoms with Crippen LogP contribution in [0, 0.1) is 0 Å². The molecule has 1 aromatic rings. The van der Waals surface area contributed by atoms with Gasteiger partial charge in [-0.1, -0.05) is 42.5 Å². The minimum Gasteiger partial charge on any atom is -0.357 e. The minimum absolute atomic E-state index is 0.442. The first-order valence-corrected chi connectivity index (χ1v) is 5.82. The SMILES string of the molecule is CC(C)N(C(=S)c1ccccc1)C(C)C. The summed E-state index contributed by atoms with van der Waals surface area (Å²) in [5.41, 5.74) is 1.13. The molecule has 0 atom stereocenters. The molecular formula is C13H19NS. The van der Waals surface area contributed by atoms with Crippen molar-refractivity contribution in [2.45, 2.75) is 39.8 Å². The van der Waals surface area contributed by atoms with E-state index in [2.05, 4.69) is 44.7 Å². The first-order chi connectivity index (χ1) is 7.04.